The molecule has 0 radical (unpaired) electrons. The van der Waals surface area contributed by atoms with E-state index in [1.165, 1.54) is 13.8 Å². The molecular weight excluding hydrogens is 240 g/mol. The lowest BCUT2D eigenvalue weighted by Crippen LogP contribution is -2.50. The Morgan fingerprint density at radius 2 is 1.61 bits per heavy atom. The lowest BCUT2D eigenvalue weighted by atomic mass is 9.87. The van der Waals surface area contributed by atoms with Crippen molar-refractivity contribution in [3.8, 4) is 0 Å². The van der Waals surface area contributed by atoms with E-state index < -0.39 is 29.4 Å². The van der Waals surface area contributed by atoms with Crippen molar-refractivity contribution in [2.45, 2.75) is 32.5 Å². The summed E-state index contributed by atoms with van der Waals surface area (Å²) < 4.78 is 15.0. The summed E-state index contributed by atoms with van der Waals surface area (Å²) >= 11 is 0. The first-order valence-electron chi connectivity index (χ1n) is 5.98. The van der Waals surface area contributed by atoms with Crippen LogP contribution in [-0.2, 0) is 28.6 Å². The third kappa shape index (κ3) is 2.53. The molecule has 0 aliphatic carbocycles. The van der Waals surface area contributed by atoms with E-state index in [4.69, 9.17) is 14.2 Å². The first-order chi connectivity index (χ1) is 8.41. The zero-order valence-corrected chi connectivity index (χ0v) is 10.4. The summed E-state index contributed by atoms with van der Waals surface area (Å²) in [5, 5.41) is 0. The van der Waals surface area contributed by atoms with Crippen molar-refractivity contribution in [1.82, 2.24) is 0 Å². The maximum absolute atomic E-state index is 12.1. The zero-order valence-electron chi connectivity index (χ0n) is 10.4. The maximum Gasteiger partial charge on any atom is 0.331 e. The van der Waals surface area contributed by atoms with Crippen molar-refractivity contribution in [2.75, 3.05) is 13.2 Å². The number of Topliss-reactive ketones (excluding diaryl/α,β-unsaturated/α-hetero) is 1. The highest BCUT2D eigenvalue weighted by Crippen LogP contribution is 2.28. The fraction of sp³-hybridized carbons (Fsp3) is 0.750. The molecule has 0 atom stereocenters. The van der Waals surface area contributed by atoms with Gasteiger partial charge in [-0.1, -0.05) is 0 Å². The zero-order chi connectivity index (χ0) is 13.3. The number of carbonyl (C=O) groups is 3. The highest BCUT2D eigenvalue weighted by Gasteiger charge is 2.48. The fourth-order valence-corrected chi connectivity index (χ4v) is 2.17. The van der Waals surface area contributed by atoms with Crippen LogP contribution in [0.3, 0.4) is 0 Å². The van der Waals surface area contributed by atoms with Gasteiger partial charge in [0.15, 0.2) is 5.78 Å². The van der Waals surface area contributed by atoms with Crippen LogP contribution in [-0.4, -0.2) is 36.7 Å². The molecule has 0 N–H and O–H groups in total. The van der Waals surface area contributed by atoms with Crippen molar-refractivity contribution in [1.29, 1.82) is 0 Å². The highest BCUT2D eigenvalue weighted by atomic mass is 16.7. The number of ketones is 1. The van der Waals surface area contributed by atoms with Crippen molar-refractivity contribution >= 4 is 17.7 Å². The van der Waals surface area contributed by atoms with Crippen molar-refractivity contribution < 1.29 is 28.6 Å². The number of cyclic esters (lactones) is 2. The van der Waals surface area contributed by atoms with Crippen molar-refractivity contribution in [3.05, 3.63) is 0 Å². The minimum Gasteiger partial charge on any atom is -0.422 e. The molecule has 0 amide bonds. The molecule has 2 fully saturated rings. The SMILES string of the molecule is CC1(C)OC(=O)C(C(=O)C2CCOCC2)C(=O)O1. The van der Waals surface area contributed by atoms with Crippen LogP contribution in [0, 0.1) is 11.8 Å². The molecule has 2 aliphatic rings. The van der Waals surface area contributed by atoms with Crippen LogP contribution in [0.25, 0.3) is 0 Å². The van der Waals surface area contributed by atoms with Gasteiger partial charge in [-0.05, 0) is 12.8 Å². The maximum atomic E-state index is 12.1. The van der Waals surface area contributed by atoms with Gasteiger partial charge in [-0.25, -0.2) is 0 Å². The Labute approximate surface area is 105 Å². The van der Waals surface area contributed by atoms with Gasteiger partial charge in [0, 0.05) is 33.0 Å². The largest absolute Gasteiger partial charge is 0.422 e. The Morgan fingerprint density at radius 1 is 1.11 bits per heavy atom. The number of rotatable bonds is 2. The molecule has 0 aromatic carbocycles. The van der Waals surface area contributed by atoms with E-state index in [0.717, 1.165) is 0 Å². The third-order valence-corrected chi connectivity index (χ3v) is 3.07. The molecule has 6 heteroatoms. The van der Waals surface area contributed by atoms with Gasteiger partial charge in [-0.3, -0.25) is 14.4 Å². The van der Waals surface area contributed by atoms with E-state index in [-0.39, 0.29) is 5.92 Å². The summed E-state index contributed by atoms with van der Waals surface area (Å²) in [4.78, 5) is 35.6. The van der Waals surface area contributed by atoms with Crippen molar-refractivity contribution in [2.24, 2.45) is 11.8 Å². The van der Waals surface area contributed by atoms with E-state index in [2.05, 4.69) is 0 Å². The molecule has 6 nitrogen and oxygen atoms in total. The van der Waals surface area contributed by atoms with Gasteiger partial charge < -0.3 is 14.2 Å². The minimum atomic E-state index is -1.43. The summed E-state index contributed by atoms with van der Waals surface area (Å²) in [5.41, 5.74) is 0. The monoisotopic (exact) mass is 256 g/mol. The van der Waals surface area contributed by atoms with Gasteiger partial charge in [0.25, 0.3) is 5.79 Å². The summed E-state index contributed by atoms with van der Waals surface area (Å²) in [6.45, 7) is 3.85. The van der Waals surface area contributed by atoms with Gasteiger partial charge in [0.05, 0.1) is 0 Å². The predicted molar refractivity (Wildman–Crippen MR) is 58.3 cm³/mol. The fourth-order valence-electron chi connectivity index (χ4n) is 2.17. The Morgan fingerprint density at radius 3 is 2.11 bits per heavy atom. The lowest BCUT2D eigenvalue weighted by Gasteiger charge is -2.33. The van der Waals surface area contributed by atoms with Crippen LogP contribution in [0.2, 0.25) is 0 Å². The first-order valence-corrected chi connectivity index (χ1v) is 5.98. The smallest absolute Gasteiger partial charge is 0.331 e. The number of esters is 2. The van der Waals surface area contributed by atoms with Crippen LogP contribution in [0.15, 0.2) is 0 Å². The van der Waals surface area contributed by atoms with E-state index in [1.54, 1.807) is 0 Å². The molecule has 2 heterocycles. The molecular formula is C12H16O6. The molecule has 0 unspecified atom stereocenters. The van der Waals surface area contributed by atoms with E-state index >= 15 is 0 Å². The van der Waals surface area contributed by atoms with Gasteiger partial charge in [-0.15, -0.1) is 0 Å². The molecule has 0 spiro atoms. The van der Waals surface area contributed by atoms with Gasteiger partial charge >= 0.3 is 11.9 Å². The Kier molecular flexibility index (Phi) is 3.38. The molecule has 100 valence electrons. The molecule has 0 saturated carbocycles. The standard InChI is InChI=1S/C12H16O6/c1-12(2)17-10(14)8(11(15)18-12)9(13)7-3-5-16-6-4-7/h7-8H,3-6H2,1-2H3. The average molecular weight is 256 g/mol. The second kappa shape index (κ2) is 4.68. The first kappa shape index (κ1) is 13.0. The Balaban J connectivity index is 2.10. The number of hydrogen-bond acceptors (Lipinski definition) is 6. The van der Waals surface area contributed by atoms with E-state index in [0.29, 0.717) is 26.1 Å². The van der Waals surface area contributed by atoms with E-state index in [9.17, 15) is 14.4 Å². The van der Waals surface area contributed by atoms with Gasteiger partial charge in [0.2, 0.25) is 5.92 Å². The Bertz CT molecular complexity index is 360. The van der Waals surface area contributed by atoms with Crippen LogP contribution in [0.1, 0.15) is 26.7 Å². The van der Waals surface area contributed by atoms with Crippen molar-refractivity contribution in [3.63, 3.8) is 0 Å². The summed E-state index contributed by atoms with van der Waals surface area (Å²) in [6, 6.07) is 0. The molecule has 2 rings (SSSR count). The molecule has 2 saturated heterocycles. The molecule has 18 heavy (non-hydrogen) atoms. The molecule has 0 aromatic rings. The molecule has 0 bridgehead atoms. The third-order valence-electron chi connectivity index (χ3n) is 3.07. The number of carbonyl (C=O) groups excluding carboxylic acids is 3. The van der Waals surface area contributed by atoms with Gasteiger partial charge in [0.1, 0.15) is 0 Å². The van der Waals surface area contributed by atoms with Crippen LogP contribution in [0.5, 0.6) is 0 Å². The van der Waals surface area contributed by atoms with Gasteiger partial charge in [-0.2, -0.15) is 0 Å². The summed E-state index contributed by atoms with van der Waals surface area (Å²) in [6.07, 6.45) is 1.05. The summed E-state index contributed by atoms with van der Waals surface area (Å²) in [7, 11) is 0. The second-order valence-electron chi connectivity index (χ2n) is 4.96. The quantitative estimate of drug-likeness (QED) is 0.526. The van der Waals surface area contributed by atoms with Crippen LogP contribution < -0.4 is 0 Å². The molecule has 0 aromatic heterocycles. The average Bonchev–Trinajstić information content (AvgIpc) is 2.27. The van der Waals surface area contributed by atoms with E-state index in [1.807, 2.05) is 0 Å². The topological polar surface area (TPSA) is 78.9 Å². The molecule has 2 aliphatic heterocycles. The summed E-state index contributed by atoms with van der Waals surface area (Å²) in [5.74, 6) is -5.09. The number of ether oxygens (including phenoxy) is 3. The lowest BCUT2D eigenvalue weighted by molar-refractivity contribution is -0.238. The highest BCUT2D eigenvalue weighted by molar-refractivity contribution is 6.16. The normalized spacial score (nSPS) is 25.4. The predicted octanol–water partition coefficient (Wildman–Crippen LogP) is 0.434. The van der Waals surface area contributed by atoms with Crippen LogP contribution in [0.4, 0.5) is 0 Å². The number of hydrogen-bond donors (Lipinski definition) is 0. The minimum absolute atomic E-state index is 0.329. The second-order valence-corrected chi connectivity index (χ2v) is 4.96. The Hall–Kier alpha value is -1.43. The van der Waals surface area contributed by atoms with Crippen LogP contribution >= 0.6 is 0 Å².